The third-order valence-electron chi connectivity index (χ3n) is 4.72. The maximum absolute atomic E-state index is 8.87. The van der Waals surface area contributed by atoms with Crippen molar-refractivity contribution >= 4 is 5.82 Å². The van der Waals surface area contributed by atoms with Crippen LogP contribution in [0.4, 0.5) is 5.82 Å². The molecule has 26 heavy (non-hydrogen) atoms. The number of anilines is 1. The Balaban J connectivity index is 1.33. The lowest BCUT2D eigenvalue weighted by Crippen LogP contribution is -2.46. The monoisotopic (exact) mass is 344 g/mol. The molecule has 1 aromatic carbocycles. The van der Waals surface area contributed by atoms with Crippen molar-refractivity contribution in [3.05, 3.63) is 72.4 Å². The quantitative estimate of drug-likeness (QED) is 0.728. The summed E-state index contributed by atoms with van der Waals surface area (Å²) in [6, 6.07) is 14.5. The predicted octanol–water partition coefficient (Wildman–Crippen LogP) is 2.46. The summed E-state index contributed by atoms with van der Waals surface area (Å²) in [5.41, 5.74) is 3.05. The first-order valence-electron chi connectivity index (χ1n) is 8.72. The highest BCUT2D eigenvalue weighted by atomic mass is 15.3. The van der Waals surface area contributed by atoms with Crippen LogP contribution in [0.3, 0.4) is 0 Å². The zero-order valence-electron chi connectivity index (χ0n) is 14.5. The van der Waals surface area contributed by atoms with Crippen molar-refractivity contribution in [2.24, 2.45) is 0 Å². The second-order valence-electron chi connectivity index (χ2n) is 6.42. The van der Waals surface area contributed by atoms with Gasteiger partial charge in [-0.3, -0.25) is 4.90 Å². The van der Waals surface area contributed by atoms with Crippen molar-refractivity contribution in [2.75, 3.05) is 31.1 Å². The van der Waals surface area contributed by atoms with Crippen molar-refractivity contribution in [1.29, 1.82) is 5.26 Å². The fourth-order valence-corrected chi connectivity index (χ4v) is 3.22. The Morgan fingerprint density at radius 1 is 1.00 bits per heavy atom. The Morgan fingerprint density at radius 3 is 2.42 bits per heavy atom. The molecule has 1 aliphatic heterocycles. The molecule has 0 spiro atoms. The summed E-state index contributed by atoms with van der Waals surface area (Å²) in [4.78, 5) is 13.2. The number of pyridine rings is 1. The minimum atomic E-state index is 0.603. The minimum Gasteiger partial charge on any atom is -0.354 e. The van der Waals surface area contributed by atoms with Gasteiger partial charge in [-0.15, -0.1) is 0 Å². The van der Waals surface area contributed by atoms with Crippen LogP contribution in [0, 0.1) is 11.3 Å². The van der Waals surface area contributed by atoms with E-state index in [0.29, 0.717) is 5.56 Å². The van der Waals surface area contributed by atoms with Crippen LogP contribution in [0.2, 0.25) is 0 Å². The van der Waals surface area contributed by atoms with Crippen LogP contribution >= 0.6 is 0 Å². The molecule has 0 N–H and O–H groups in total. The molecule has 1 saturated heterocycles. The second kappa shape index (κ2) is 7.38. The Bertz CT molecular complexity index is 870. The van der Waals surface area contributed by atoms with Crippen molar-refractivity contribution in [3.63, 3.8) is 0 Å². The van der Waals surface area contributed by atoms with E-state index in [9.17, 15) is 0 Å². The maximum atomic E-state index is 8.87. The molecule has 2 aromatic heterocycles. The summed E-state index contributed by atoms with van der Waals surface area (Å²) in [6.45, 7) is 4.87. The van der Waals surface area contributed by atoms with Crippen molar-refractivity contribution in [1.82, 2.24) is 19.4 Å². The zero-order chi connectivity index (χ0) is 17.8. The molecule has 1 aliphatic rings. The molecule has 0 saturated carbocycles. The van der Waals surface area contributed by atoms with Gasteiger partial charge in [0.25, 0.3) is 0 Å². The molecule has 0 aliphatic carbocycles. The summed E-state index contributed by atoms with van der Waals surface area (Å²) >= 11 is 0. The third-order valence-corrected chi connectivity index (χ3v) is 4.72. The van der Waals surface area contributed by atoms with Gasteiger partial charge in [0.2, 0.25) is 0 Å². The molecule has 3 aromatic rings. The van der Waals surface area contributed by atoms with E-state index in [-0.39, 0.29) is 0 Å². The molecule has 0 bridgehead atoms. The first-order valence-corrected chi connectivity index (χ1v) is 8.72. The van der Waals surface area contributed by atoms with Crippen LogP contribution < -0.4 is 4.90 Å². The summed E-state index contributed by atoms with van der Waals surface area (Å²) in [5, 5.41) is 8.87. The maximum Gasteiger partial charge on any atom is 0.128 e. The lowest BCUT2D eigenvalue weighted by atomic mass is 10.1. The first-order chi connectivity index (χ1) is 12.8. The number of rotatable bonds is 4. The summed E-state index contributed by atoms with van der Waals surface area (Å²) in [5.74, 6) is 0.952. The van der Waals surface area contributed by atoms with Crippen molar-refractivity contribution < 1.29 is 0 Å². The van der Waals surface area contributed by atoms with Crippen molar-refractivity contribution in [2.45, 2.75) is 6.54 Å². The van der Waals surface area contributed by atoms with Gasteiger partial charge in [0.05, 0.1) is 11.9 Å². The highest BCUT2D eigenvalue weighted by Gasteiger charge is 2.18. The summed E-state index contributed by atoms with van der Waals surface area (Å²) < 4.78 is 2.01. The molecule has 130 valence electrons. The average molecular weight is 344 g/mol. The minimum absolute atomic E-state index is 0.603. The number of aromatic nitrogens is 3. The van der Waals surface area contributed by atoms with Gasteiger partial charge in [-0.05, 0) is 29.8 Å². The van der Waals surface area contributed by atoms with Crippen LogP contribution in [-0.2, 0) is 6.54 Å². The number of benzene rings is 1. The van der Waals surface area contributed by atoms with E-state index in [0.717, 1.165) is 44.2 Å². The van der Waals surface area contributed by atoms with Crippen molar-refractivity contribution in [3.8, 4) is 11.8 Å². The molecule has 6 heteroatoms. The zero-order valence-corrected chi connectivity index (χ0v) is 14.5. The van der Waals surface area contributed by atoms with E-state index in [4.69, 9.17) is 5.26 Å². The van der Waals surface area contributed by atoms with Gasteiger partial charge in [-0.2, -0.15) is 5.26 Å². The highest BCUT2D eigenvalue weighted by molar-refractivity contribution is 5.42. The lowest BCUT2D eigenvalue weighted by Gasteiger charge is -2.35. The van der Waals surface area contributed by atoms with Gasteiger partial charge < -0.3 is 9.47 Å². The lowest BCUT2D eigenvalue weighted by molar-refractivity contribution is 0.249. The van der Waals surface area contributed by atoms with E-state index in [2.05, 4.69) is 50.1 Å². The van der Waals surface area contributed by atoms with Gasteiger partial charge in [-0.25, -0.2) is 9.97 Å². The Kier molecular flexibility index (Phi) is 4.63. The van der Waals surface area contributed by atoms with E-state index in [1.165, 1.54) is 5.56 Å². The fraction of sp³-hybridized carbons (Fsp3) is 0.250. The molecule has 1 fully saturated rings. The molecule has 0 amide bonds. The summed E-state index contributed by atoms with van der Waals surface area (Å²) in [6.07, 6.45) is 7.19. The Labute approximate surface area is 153 Å². The van der Waals surface area contributed by atoms with Crippen LogP contribution in [0.1, 0.15) is 11.1 Å². The van der Waals surface area contributed by atoms with E-state index < -0.39 is 0 Å². The number of nitriles is 1. The average Bonchev–Trinajstić information content (AvgIpc) is 3.24. The molecule has 6 nitrogen and oxygen atoms in total. The van der Waals surface area contributed by atoms with Crippen LogP contribution in [0.5, 0.6) is 0 Å². The largest absolute Gasteiger partial charge is 0.354 e. The van der Waals surface area contributed by atoms with E-state index in [1.54, 1.807) is 12.4 Å². The van der Waals surface area contributed by atoms with Gasteiger partial charge in [0, 0.05) is 57.0 Å². The second-order valence-corrected chi connectivity index (χ2v) is 6.42. The third kappa shape index (κ3) is 3.58. The highest BCUT2D eigenvalue weighted by Crippen LogP contribution is 2.16. The van der Waals surface area contributed by atoms with E-state index in [1.807, 2.05) is 29.2 Å². The topological polar surface area (TPSA) is 61.0 Å². The van der Waals surface area contributed by atoms with E-state index >= 15 is 0 Å². The summed E-state index contributed by atoms with van der Waals surface area (Å²) in [7, 11) is 0. The molecular weight excluding hydrogens is 324 g/mol. The number of hydrogen-bond acceptors (Lipinski definition) is 5. The standard InChI is InChI=1S/C20H20N6/c21-13-18-3-6-20(23-14-18)25-11-9-24(10-12-25)15-17-1-4-19(5-2-17)26-8-7-22-16-26/h1-8,14,16H,9-12,15H2. The Hall–Kier alpha value is -3.17. The van der Waals surface area contributed by atoms with Gasteiger partial charge in [0.15, 0.2) is 0 Å². The van der Waals surface area contributed by atoms with Gasteiger partial charge >= 0.3 is 0 Å². The van der Waals surface area contributed by atoms with Gasteiger partial charge in [0.1, 0.15) is 11.9 Å². The number of piperazine rings is 1. The number of imidazole rings is 1. The molecule has 0 atom stereocenters. The Morgan fingerprint density at radius 2 is 1.81 bits per heavy atom. The molecular formula is C20H20N6. The van der Waals surface area contributed by atoms with Gasteiger partial charge in [-0.1, -0.05) is 12.1 Å². The fourth-order valence-electron chi connectivity index (χ4n) is 3.22. The predicted molar refractivity (Wildman–Crippen MR) is 100 cm³/mol. The number of nitrogens with zero attached hydrogens (tertiary/aromatic N) is 6. The normalized spacial score (nSPS) is 15.0. The SMILES string of the molecule is N#Cc1ccc(N2CCN(Cc3ccc(-n4ccnc4)cc3)CC2)nc1. The molecule has 0 radical (unpaired) electrons. The molecule has 3 heterocycles. The smallest absolute Gasteiger partial charge is 0.128 e. The van der Waals surface area contributed by atoms with Crippen LogP contribution in [-0.4, -0.2) is 45.6 Å². The molecule has 4 rings (SSSR count). The first kappa shape index (κ1) is 16.3. The van der Waals surface area contributed by atoms with Crippen LogP contribution in [0.25, 0.3) is 5.69 Å². The number of hydrogen-bond donors (Lipinski definition) is 0. The van der Waals surface area contributed by atoms with Crippen LogP contribution in [0.15, 0.2) is 61.3 Å². The molecule has 0 unspecified atom stereocenters.